The molecule has 0 N–H and O–H groups in total. The molecule has 0 saturated heterocycles. The Labute approximate surface area is 80.4 Å². The van der Waals surface area contributed by atoms with Crippen molar-refractivity contribution in [3.63, 3.8) is 0 Å². The number of methoxy groups -OCH3 is 1. The van der Waals surface area contributed by atoms with Crippen LogP contribution < -0.4 is 4.74 Å². The van der Waals surface area contributed by atoms with Crippen LogP contribution in [-0.2, 0) is 9.53 Å². The lowest BCUT2D eigenvalue weighted by atomic mass is 10.5. The monoisotopic (exact) mass is 201 g/mol. The van der Waals surface area contributed by atoms with E-state index in [2.05, 4.69) is 9.72 Å². The quantitative estimate of drug-likeness (QED) is 0.692. The Morgan fingerprint density at radius 1 is 1.69 bits per heavy atom. The minimum atomic E-state index is -0.457. The van der Waals surface area contributed by atoms with E-state index in [1.54, 1.807) is 6.07 Å². The van der Waals surface area contributed by atoms with Crippen molar-refractivity contribution < 1.29 is 14.3 Å². The van der Waals surface area contributed by atoms with Crippen molar-refractivity contribution in [2.45, 2.75) is 0 Å². The van der Waals surface area contributed by atoms with Crippen molar-refractivity contribution in [2.24, 2.45) is 0 Å². The number of ether oxygens (including phenoxy) is 2. The topological polar surface area (TPSA) is 48.4 Å². The van der Waals surface area contributed by atoms with Gasteiger partial charge in [0.25, 0.3) is 0 Å². The van der Waals surface area contributed by atoms with E-state index in [0.717, 1.165) is 0 Å². The van der Waals surface area contributed by atoms with Gasteiger partial charge in [-0.1, -0.05) is 11.6 Å². The number of pyridine rings is 1. The Hall–Kier alpha value is -1.29. The molecule has 0 bridgehead atoms. The average molecular weight is 202 g/mol. The Morgan fingerprint density at radius 3 is 3.08 bits per heavy atom. The first-order valence-electron chi connectivity index (χ1n) is 3.53. The molecule has 0 aromatic carbocycles. The Balaban J connectivity index is 2.50. The number of nitrogens with zero attached hydrogens (tertiary/aromatic N) is 1. The predicted octanol–water partition coefficient (Wildman–Crippen LogP) is 1.29. The molecule has 0 saturated carbocycles. The second-order valence-electron chi connectivity index (χ2n) is 2.18. The molecule has 1 rings (SSSR count). The summed E-state index contributed by atoms with van der Waals surface area (Å²) in [5, 5.41) is 0.509. The van der Waals surface area contributed by atoms with Crippen molar-refractivity contribution in [1.82, 2.24) is 4.98 Å². The zero-order valence-electron chi connectivity index (χ0n) is 6.99. The van der Waals surface area contributed by atoms with Crippen LogP contribution in [0.3, 0.4) is 0 Å². The van der Waals surface area contributed by atoms with Gasteiger partial charge in [-0.15, -0.1) is 0 Å². The van der Waals surface area contributed by atoms with Gasteiger partial charge >= 0.3 is 5.97 Å². The summed E-state index contributed by atoms with van der Waals surface area (Å²) >= 11 is 5.66. The molecule has 0 aliphatic heterocycles. The summed E-state index contributed by atoms with van der Waals surface area (Å²) in [7, 11) is 1.29. The van der Waals surface area contributed by atoms with E-state index in [0.29, 0.717) is 10.9 Å². The summed E-state index contributed by atoms with van der Waals surface area (Å²) in [5.41, 5.74) is 0. The minimum absolute atomic E-state index is 0.163. The van der Waals surface area contributed by atoms with Crippen molar-refractivity contribution in [3.8, 4) is 5.88 Å². The molecule has 4 nitrogen and oxygen atoms in total. The second kappa shape index (κ2) is 4.67. The van der Waals surface area contributed by atoms with Gasteiger partial charge in [-0.3, -0.25) is 0 Å². The van der Waals surface area contributed by atoms with Crippen LogP contribution in [0.5, 0.6) is 5.88 Å². The standard InChI is InChI=1S/C8H8ClNO3/c1-12-8(11)5-13-7-4-6(9)2-3-10-7/h2-4H,5H2,1H3. The highest BCUT2D eigenvalue weighted by Crippen LogP contribution is 2.13. The van der Waals surface area contributed by atoms with Crippen molar-refractivity contribution in [2.75, 3.05) is 13.7 Å². The van der Waals surface area contributed by atoms with Gasteiger partial charge in [0.15, 0.2) is 6.61 Å². The first-order chi connectivity index (χ1) is 6.22. The number of carbonyl (C=O) groups excluding carboxylic acids is 1. The van der Waals surface area contributed by atoms with Crippen LogP contribution in [0.4, 0.5) is 0 Å². The fraction of sp³-hybridized carbons (Fsp3) is 0.250. The molecule has 5 heteroatoms. The summed E-state index contributed by atoms with van der Waals surface area (Å²) in [5.74, 6) is -0.153. The average Bonchev–Trinajstić information content (AvgIpc) is 2.14. The molecule has 1 aromatic rings. The third kappa shape index (κ3) is 3.29. The highest BCUT2D eigenvalue weighted by Gasteiger charge is 2.02. The van der Waals surface area contributed by atoms with E-state index >= 15 is 0 Å². The van der Waals surface area contributed by atoms with Gasteiger partial charge in [0, 0.05) is 17.3 Å². The van der Waals surface area contributed by atoms with E-state index in [9.17, 15) is 4.79 Å². The van der Waals surface area contributed by atoms with Crippen molar-refractivity contribution in [1.29, 1.82) is 0 Å². The third-order valence-electron chi connectivity index (χ3n) is 1.26. The number of hydrogen-bond acceptors (Lipinski definition) is 4. The molecule has 70 valence electrons. The maximum atomic E-state index is 10.7. The van der Waals surface area contributed by atoms with Gasteiger partial charge in [-0.25, -0.2) is 9.78 Å². The summed E-state index contributed by atoms with van der Waals surface area (Å²) in [6.45, 7) is -0.163. The lowest BCUT2D eigenvalue weighted by Gasteiger charge is -2.02. The first-order valence-corrected chi connectivity index (χ1v) is 3.91. The highest BCUT2D eigenvalue weighted by atomic mass is 35.5. The van der Waals surface area contributed by atoms with Gasteiger partial charge in [0.1, 0.15) is 0 Å². The Bertz CT molecular complexity index is 303. The highest BCUT2D eigenvalue weighted by molar-refractivity contribution is 6.30. The van der Waals surface area contributed by atoms with Crippen LogP contribution in [0.2, 0.25) is 5.02 Å². The third-order valence-corrected chi connectivity index (χ3v) is 1.50. The predicted molar refractivity (Wildman–Crippen MR) is 46.8 cm³/mol. The van der Waals surface area contributed by atoms with E-state index < -0.39 is 5.97 Å². The normalized spacial score (nSPS) is 9.38. The smallest absolute Gasteiger partial charge is 0.343 e. The van der Waals surface area contributed by atoms with Crippen LogP contribution in [0, 0.1) is 0 Å². The maximum absolute atomic E-state index is 10.7. The molecule has 0 spiro atoms. The van der Waals surface area contributed by atoms with Gasteiger partial charge < -0.3 is 9.47 Å². The number of rotatable bonds is 3. The molecule has 1 aromatic heterocycles. The fourth-order valence-electron chi connectivity index (χ4n) is 0.656. The Kier molecular flexibility index (Phi) is 3.52. The molecule has 0 atom stereocenters. The van der Waals surface area contributed by atoms with Crippen molar-refractivity contribution >= 4 is 17.6 Å². The van der Waals surface area contributed by atoms with Crippen LogP contribution in [0.1, 0.15) is 0 Å². The zero-order valence-corrected chi connectivity index (χ0v) is 7.75. The maximum Gasteiger partial charge on any atom is 0.343 e. The molecule has 1 heterocycles. The molecular weight excluding hydrogens is 194 g/mol. The van der Waals surface area contributed by atoms with Crippen LogP contribution in [0.15, 0.2) is 18.3 Å². The number of carbonyl (C=O) groups is 1. The Morgan fingerprint density at radius 2 is 2.46 bits per heavy atom. The number of esters is 1. The lowest BCUT2D eigenvalue weighted by molar-refractivity contribution is -0.143. The molecule has 0 aliphatic rings. The molecule has 0 amide bonds. The molecule has 13 heavy (non-hydrogen) atoms. The molecule has 0 fully saturated rings. The number of hydrogen-bond donors (Lipinski definition) is 0. The summed E-state index contributed by atoms with van der Waals surface area (Å²) in [6.07, 6.45) is 1.49. The second-order valence-corrected chi connectivity index (χ2v) is 2.61. The first kappa shape index (κ1) is 9.80. The van der Waals surface area contributed by atoms with Crippen molar-refractivity contribution in [3.05, 3.63) is 23.4 Å². The largest absolute Gasteiger partial charge is 0.466 e. The van der Waals surface area contributed by atoms with E-state index in [1.807, 2.05) is 0 Å². The van der Waals surface area contributed by atoms with Gasteiger partial charge in [-0.2, -0.15) is 0 Å². The van der Waals surface area contributed by atoms with E-state index in [-0.39, 0.29) is 6.61 Å². The minimum Gasteiger partial charge on any atom is -0.466 e. The lowest BCUT2D eigenvalue weighted by Crippen LogP contribution is -2.12. The molecular formula is C8H8ClNO3. The van der Waals surface area contributed by atoms with Crippen LogP contribution in [-0.4, -0.2) is 24.7 Å². The summed E-state index contributed by atoms with van der Waals surface area (Å²) < 4.78 is 9.35. The van der Waals surface area contributed by atoms with Crippen LogP contribution >= 0.6 is 11.6 Å². The fourth-order valence-corrected chi connectivity index (χ4v) is 0.806. The van der Waals surface area contributed by atoms with Gasteiger partial charge in [0.05, 0.1) is 7.11 Å². The molecule has 0 radical (unpaired) electrons. The zero-order chi connectivity index (χ0) is 9.68. The molecule has 0 unspecified atom stereocenters. The number of aromatic nitrogens is 1. The van der Waals surface area contributed by atoms with Gasteiger partial charge in [0.2, 0.25) is 5.88 Å². The molecule has 0 aliphatic carbocycles. The van der Waals surface area contributed by atoms with E-state index in [1.165, 1.54) is 19.4 Å². The summed E-state index contributed by atoms with van der Waals surface area (Å²) in [6, 6.07) is 3.14. The SMILES string of the molecule is COC(=O)COc1cc(Cl)ccn1. The van der Waals surface area contributed by atoms with Gasteiger partial charge in [-0.05, 0) is 6.07 Å². The summed E-state index contributed by atoms with van der Waals surface area (Å²) in [4.78, 5) is 14.5. The number of halogens is 1. The van der Waals surface area contributed by atoms with Crippen LogP contribution in [0.25, 0.3) is 0 Å². The van der Waals surface area contributed by atoms with E-state index in [4.69, 9.17) is 16.3 Å².